The van der Waals surface area contributed by atoms with Gasteiger partial charge in [-0.25, -0.2) is 4.98 Å². The molecule has 0 spiro atoms. The first kappa shape index (κ1) is 25.9. The summed E-state index contributed by atoms with van der Waals surface area (Å²) in [5.41, 5.74) is 2.41. The van der Waals surface area contributed by atoms with E-state index in [4.69, 9.17) is 25.8 Å². The van der Waals surface area contributed by atoms with Crippen molar-refractivity contribution in [3.05, 3.63) is 51.7 Å². The third-order valence-corrected chi connectivity index (χ3v) is 7.96. The number of aromatic nitrogens is 5. The number of aryl methyl sites for hydroxylation is 2. The second-order valence-electron chi connectivity index (χ2n) is 10.3. The average molecular weight is 550 g/mol. The van der Waals surface area contributed by atoms with Gasteiger partial charge in [-0.3, -0.25) is 9.36 Å². The van der Waals surface area contributed by atoms with Crippen LogP contribution in [-0.4, -0.2) is 57.0 Å². The molecule has 0 aliphatic carbocycles. The zero-order valence-corrected chi connectivity index (χ0v) is 22.7. The van der Waals surface area contributed by atoms with Gasteiger partial charge in [0.2, 0.25) is 17.7 Å². The highest BCUT2D eigenvalue weighted by molar-refractivity contribution is 6.33. The lowest BCUT2D eigenvalue weighted by Gasteiger charge is -2.24. The topological polar surface area (TPSA) is 120 Å². The molecule has 0 radical (unpaired) electrons. The molecular weight excluding hydrogens is 518 g/mol. The van der Waals surface area contributed by atoms with Crippen LogP contribution in [0.15, 0.2) is 39.8 Å². The monoisotopic (exact) mass is 549 g/mol. The van der Waals surface area contributed by atoms with E-state index in [9.17, 15) is 4.79 Å². The molecule has 0 unspecified atom stereocenters. The fourth-order valence-corrected chi connectivity index (χ4v) is 5.71. The van der Waals surface area contributed by atoms with Gasteiger partial charge in [0.05, 0.1) is 0 Å². The second kappa shape index (κ2) is 11.4. The molecule has 0 amide bonds. The van der Waals surface area contributed by atoms with Gasteiger partial charge in [0.1, 0.15) is 5.65 Å². The number of piperidine rings is 1. The van der Waals surface area contributed by atoms with Crippen molar-refractivity contribution in [1.82, 2.24) is 30.0 Å². The molecule has 0 saturated carbocycles. The van der Waals surface area contributed by atoms with Gasteiger partial charge in [-0.15, -0.1) is 0 Å². The van der Waals surface area contributed by atoms with Gasteiger partial charge in [0, 0.05) is 66.0 Å². The number of halogens is 1. The van der Waals surface area contributed by atoms with Crippen LogP contribution in [-0.2, 0) is 11.3 Å². The SMILES string of the molecule is Cc1nc(-c2ccc(-c3cc4cnc(NC5CCOCC5)nc4n(CCC4CCNCC4)c3=O)c(Cl)c2)no1. The number of benzene rings is 1. The molecule has 2 fully saturated rings. The first-order valence-electron chi connectivity index (χ1n) is 13.6. The molecule has 1 aromatic carbocycles. The third-order valence-electron chi connectivity index (χ3n) is 7.65. The first-order chi connectivity index (χ1) is 19.0. The molecule has 39 heavy (non-hydrogen) atoms. The lowest BCUT2D eigenvalue weighted by molar-refractivity contribution is 0.0903. The minimum absolute atomic E-state index is 0.114. The quantitative estimate of drug-likeness (QED) is 0.344. The van der Waals surface area contributed by atoms with Crippen molar-refractivity contribution in [1.29, 1.82) is 0 Å². The Morgan fingerprint density at radius 2 is 1.92 bits per heavy atom. The summed E-state index contributed by atoms with van der Waals surface area (Å²) in [6.45, 7) is 5.80. The van der Waals surface area contributed by atoms with E-state index in [1.165, 1.54) is 0 Å². The van der Waals surface area contributed by atoms with Crippen molar-refractivity contribution in [2.45, 2.75) is 51.6 Å². The van der Waals surface area contributed by atoms with Gasteiger partial charge < -0.3 is 19.9 Å². The van der Waals surface area contributed by atoms with Crippen molar-refractivity contribution in [3.8, 4) is 22.5 Å². The van der Waals surface area contributed by atoms with Gasteiger partial charge in [0.15, 0.2) is 0 Å². The Kier molecular flexibility index (Phi) is 7.58. The highest BCUT2D eigenvalue weighted by Gasteiger charge is 2.20. The van der Waals surface area contributed by atoms with E-state index in [1.807, 2.05) is 18.2 Å². The summed E-state index contributed by atoms with van der Waals surface area (Å²) in [5.74, 6) is 2.04. The standard InChI is InChI=1S/C28H32ClN7O3/c1-17-32-25(35-39-17)19-2-3-22(24(29)15-19)23-14-20-16-31-28(33-21-7-12-38-13-8-21)34-26(20)36(27(23)37)11-6-18-4-9-30-10-5-18/h2-3,14-16,18,21,30H,4-13H2,1H3,(H,31,33,34). The van der Waals surface area contributed by atoms with Gasteiger partial charge in [-0.05, 0) is 63.2 Å². The van der Waals surface area contributed by atoms with Crippen LogP contribution >= 0.6 is 11.6 Å². The lowest BCUT2D eigenvalue weighted by atomic mass is 9.94. The largest absolute Gasteiger partial charge is 0.381 e. The van der Waals surface area contributed by atoms with E-state index in [2.05, 4.69) is 25.8 Å². The van der Waals surface area contributed by atoms with E-state index < -0.39 is 0 Å². The molecule has 5 heterocycles. The Morgan fingerprint density at radius 3 is 2.67 bits per heavy atom. The molecule has 4 aromatic rings. The minimum Gasteiger partial charge on any atom is -0.381 e. The number of hydrogen-bond acceptors (Lipinski definition) is 9. The predicted octanol–water partition coefficient (Wildman–Crippen LogP) is 4.45. The summed E-state index contributed by atoms with van der Waals surface area (Å²) in [6, 6.07) is 7.56. The van der Waals surface area contributed by atoms with E-state index in [1.54, 1.807) is 23.8 Å². The highest BCUT2D eigenvalue weighted by Crippen LogP contribution is 2.31. The lowest BCUT2D eigenvalue weighted by Crippen LogP contribution is -2.30. The molecule has 10 nitrogen and oxygen atoms in total. The van der Waals surface area contributed by atoms with Crippen LogP contribution < -0.4 is 16.2 Å². The molecule has 0 atom stereocenters. The fourth-order valence-electron chi connectivity index (χ4n) is 5.42. The molecule has 2 saturated heterocycles. The summed E-state index contributed by atoms with van der Waals surface area (Å²) in [7, 11) is 0. The van der Waals surface area contributed by atoms with Gasteiger partial charge in [0.25, 0.3) is 5.56 Å². The van der Waals surface area contributed by atoms with Crippen molar-refractivity contribution >= 4 is 28.6 Å². The normalized spacial score (nSPS) is 17.1. The van der Waals surface area contributed by atoms with Crippen LogP contribution in [0.2, 0.25) is 5.02 Å². The van der Waals surface area contributed by atoms with Crippen LogP contribution in [0.4, 0.5) is 5.95 Å². The van der Waals surface area contributed by atoms with Gasteiger partial charge in [-0.2, -0.15) is 9.97 Å². The van der Waals surface area contributed by atoms with E-state index in [0.29, 0.717) is 51.9 Å². The Bertz CT molecular complexity index is 1520. The number of nitrogens with one attached hydrogen (secondary N) is 2. The summed E-state index contributed by atoms with van der Waals surface area (Å²) in [4.78, 5) is 27.7. The molecule has 0 bridgehead atoms. The Labute approximate surface area is 231 Å². The molecule has 204 valence electrons. The molecule has 3 aromatic heterocycles. The highest BCUT2D eigenvalue weighted by atomic mass is 35.5. The maximum Gasteiger partial charge on any atom is 0.260 e. The second-order valence-corrected chi connectivity index (χ2v) is 10.7. The van der Waals surface area contributed by atoms with Crippen LogP contribution in [0, 0.1) is 12.8 Å². The molecule has 6 rings (SSSR count). The zero-order chi connectivity index (χ0) is 26.8. The van der Waals surface area contributed by atoms with Crippen molar-refractivity contribution < 1.29 is 9.26 Å². The fraction of sp³-hybridized carbons (Fsp3) is 0.464. The third kappa shape index (κ3) is 5.68. The summed E-state index contributed by atoms with van der Waals surface area (Å²) in [5, 5.41) is 12.1. The number of pyridine rings is 1. The van der Waals surface area contributed by atoms with Gasteiger partial charge >= 0.3 is 0 Å². The van der Waals surface area contributed by atoms with Crippen LogP contribution in [0.5, 0.6) is 0 Å². The smallest absolute Gasteiger partial charge is 0.260 e. The predicted molar refractivity (Wildman–Crippen MR) is 150 cm³/mol. The number of rotatable bonds is 7. The van der Waals surface area contributed by atoms with Crippen LogP contribution in [0.25, 0.3) is 33.5 Å². The zero-order valence-electron chi connectivity index (χ0n) is 22.0. The molecule has 2 N–H and O–H groups in total. The van der Waals surface area contributed by atoms with E-state index in [-0.39, 0.29) is 11.6 Å². The van der Waals surface area contributed by atoms with Crippen LogP contribution in [0.3, 0.4) is 0 Å². The van der Waals surface area contributed by atoms with E-state index >= 15 is 0 Å². The Morgan fingerprint density at radius 1 is 1.10 bits per heavy atom. The number of nitrogens with zero attached hydrogens (tertiary/aromatic N) is 5. The van der Waals surface area contributed by atoms with Crippen molar-refractivity contribution in [2.24, 2.45) is 5.92 Å². The minimum atomic E-state index is -0.114. The summed E-state index contributed by atoms with van der Waals surface area (Å²) >= 11 is 6.74. The average Bonchev–Trinajstić information content (AvgIpc) is 3.40. The maximum atomic E-state index is 14.0. The number of ether oxygens (including phenoxy) is 1. The van der Waals surface area contributed by atoms with Crippen LogP contribution in [0.1, 0.15) is 38.0 Å². The molecule has 2 aliphatic heterocycles. The summed E-state index contributed by atoms with van der Waals surface area (Å²) in [6.07, 6.45) is 6.73. The summed E-state index contributed by atoms with van der Waals surface area (Å²) < 4.78 is 12.4. The van der Waals surface area contributed by atoms with E-state index in [0.717, 1.165) is 69.4 Å². The maximum absolute atomic E-state index is 14.0. The Hall–Kier alpha value is -3.34. The first-order valence-corrected chi connectivity index (χ1v) is 14.0. The molecule has 11 heteroatoms. The van der Waals surface area contributed by atoms with Crippen molar-refractivity contribution in [3.63, 3.8) is 0 Å². The number of hydrogen-bond donors (Lipinski definition) is 2. The Balaban J connectivity index is 1.39. The van der Waals surface area contributed by atoms with Crippen molar-refractivity contribution in [2.75, 3.05) is 31.6 Å². The number of fused-ring (bicyclic) bond motifs is 1. The van der Waals surface area contributed by atoms with Gasteiger partial charge in [-0.1, -0.05) is 28.9 Å². The number of anilines is 1. The molecular formula is C28H32ClN7O3. The molecule has 2 aliphatic rings.